The van der Waals surface area contributed by atoms with Gasteiger partial charge >= 0.3 is 0 Å². The van der Waals surface area contributed by atoms with Crippen LogP contribution in [0, 0.1) is 5.92 Å². The van der Waals surface area contributed by atoms with E-state index in [-0.39, 0.29) is 0 Å². The van der Waals surface area contributed by atoms with Crippen molar-refractivity contribution in [2.75, 3.05) is 13.1 Å². The van der Waals surface area contributed by atoms with Gasteiger partial charge in [0.25, 0.3) is 0 Å². The van der Waals surface area contributed by atoms with E-state index in [1.807, 2.05) is 6.07 Å². The molecule has 0 amide bonds. The van der Waals surface area contributed by atoms with Crippen LogP contribution in [0.4, 0.5) is 0 Å². The summed E-state index contributed by atoms with van der Waals surface area (Å²) in [4.78, 5) is 2.68. The summed E-state index contributed by atoms with van der Waals surface area (Å²) in [5.74, 6) is 1.36. The van der Waals surface area contributed by atoms with Crippen molar-refractivity contribution >= 4 is 0 Å². The molecule has 1 heterocycles. The minimum Gasteiger partial charge on any atom is -0.507 e. The average molecular weight is 291 g/mol. The van der Waals surface area contributed by atoms with Gasteiger partial charge in [0.05, 0.1) is 0 Å². The van der Waals surface area contributed by atoms with Crippen LogP contribution in [-0.2, 0) is 12.8 Å². The maximum Gasteiger partial charge on any atom is 0.123 e. The first kappa shape index (κ1) is 12.7. The van der Waals surface area contributed by atoms with Gasteiger partial charge in [-0.05, 0) is 59.9 Å². The molecular weight excluding hydrogens is 270 g/mol. The van der Waals surface area contributed by atoms with E-state index in [0.717, 1.165) is 24.3 Å². The van der Waals surface area contributed by atoms with E-state index >= 15 is 0 Å². The van der Waals surface area contributed by atoms with E-state index in [2.05, 4.69) is 35.2 Å². The molecule has 1 atom stereocenters. The van der Waals surface area contributed by atoms with Crippen molar-refractivity contribution in [3.8, 4) is 16.9 Å². The van der Waals surface area contributed by atoms with Gasteiger partial charge in [-0.15, -0.1) is 0 Å². The van der Waals surface area contributed by atoms with Crippen LogP contribution in [0.25, 0.3) is 11.1 Å². The van der Waals surface area contributed by atoms with Crippen molar-refractivity contribution in [3.05, 3.63) is 53.1 Å². The Morgan fingerprint density at radius 2 is 1.91 bits per heavy atom. The molecule has 1 fully saturated rings. The van der Waals surface area contributed by atoms with Gasteiger partial charge in [0.2, 0.25) is 0 Å². The zero-order valence-electron chi connectivity index (χ0n) is 12.8. The van der Waals surface area contributed by atoms with Crippen LogP contribution >= 0.6 is 0 Å². The SMILES string of the molecule is Oc1ccc2c3c1-c1ccccc1C[C@H]3N(CC1CC1)CC2. The number of benzene rings is 2. The molecular formula is C20H21NO. The number of nitrogens with zero attached hydrogens (tertiary/aromatic N) is 1. The summed E-state index contributed by atoms with van der Waals surface area (Å²) in [5.41, 5.74) is 6.58. The Morgan fingerprint density at radius 1 is 1.05 bits per heavy atom. The van der Waals surface area contributed by atoms with Crippen LogP contribution in [0.5, 0.6) is 5.75 Å². The lowest BCUT2D eigenvalue weighted by Gasteiger charge is -2.42. The monoisotopic (exact) mass is 291 g/mol. The van der Waals surface area contributed by atoms with Gasteiger partial charge < -0.3 is 5.11 Å². The van der Waals surface area contributed by atoms with E-state index in [4.69, 9.17) is 0 Å². The Bertz CT molecular complexity index is 747. The molecule has 1 aliphatic heterocycles. The van der Waals surface area contributed by atoms with Crippen molar-refractivity contribution in [2.24, 2.45) is 5.92 Å². The highest BCUT2D eigenvalue weighted by atomic mass is 16.3. The number of hydrogen-bond acceptors (Lipinski definition) is 2. The van der Waals surface area contributed by atoms with Gasteiger partial charge in [-0.2, -0.15) is 0 Å². The maximum atomic E-state index is 10.5. The van der Waals surface area contributed by atoms with Crippen LogP contribution in [0.3, 0.4) is 0 Å². The maximum absolute atomic E-state index is 10.5. The number of phenolic OH excluding ortho intramolecular Hbond substituents is 1. The van der Waals surface area contributed by atoms with Crippen LogP contribution in [0.15, 0.2) is 36.4 Å². The smallest absolute Gasteiger partial charge is 0.123 e. The zero-order valence-corrected chi connectivity index (χ0v) is 12.8. The Kier molecular flexibility index (Phi) is 2.66. The standard InChI is InChI=1S/C20H21NO/c22-18-8-7-14-9-10-21(12-13-5-6-13)17-11-15-3-1-2-4-16(15)20(18)19(14)17/h1-4,7-8,13,17,22H,5-6,9-12H2/t17-/m1/s1. The quantitative estimate of drug-likeness (QED) is 0.906. The molecule has 22 heavy (non-hydrogen) atoms. The summed E-state index contributed by atoms with van der Waals surface area (Å²) in [5, 5.41) is 10.5. The first-order valence-corrected chi connectivity index (χ1v) is 8.48. The Morgan fingerprint density at radius 3 is 2.77 bits per heavy atom. The molecule has 2 aromatic carbocycles. The third-order valence-electron chi connectivity index (χ3n) is 5.65. The minimum absolute atomic E-state index is 0.448. The summed E-state index contributed by atoms with van der Waals surface area (Å²) in [6.07, 6.45) is 5.01. The topological polar surface area (TPSA) is 23.5 Å². The number of phenols is 1. The molecule has 2 aromatic rings. The third-order valence-corrected chi connectivity index (χ3v) is 5.65. The summed E-state index contributed by atoms with van der Waals surface area (Å²) in [7, 11) is 0. The highest BCUT2D eigenvalue weighted by molar-refractivity contribution is 5.80. The summed E-state index contributed by atoms with van der Waals surface area (Å²) in [6.45, 7) is 2.40. The molecule has 1 N–H and O–H groups in total. The summed E-state index contributed by atoms with van der Waals surface area (Å²) in [6, 6.07) is 13.1. The van der Waals surface area contributed by atoms with Gasteiger partial charge in [0, 0.05) is 24.7 Å². The van der Waals surface area contributed by atoms with Crippen molar-refractivity contribution < 1.29 is 5.11 Å². The first-order valence-electron chi connectivity index (χ1n) is 8.48. The second-order valence-electron chi connectivity index (χ2n) is 7.10. The molecule has 2 heteroatoms. The minimum atomic E-state index is 0.448. The molecule has 112 valence electrons. The summed E-state index contributed by atoms with van der Waals surface area (Å²) < 4.78 is 0. The summed E-state index contributed by atoms with van der Waals surface area (Å²) >= 11 is 0. The molecule has 0 saturated heterocycles. The van der Waals surface area contributed by atoms with E-state index in [0.29, 0.717) is 11.8 Å². The molecule has 1 saturated carbocycles. The molecule has 2 aliphatic carbocycles. The second-order valence-corrected chi connectivity index (χ2v) is 7.10. The van der Waals surface area contributed by atoms with Crippen LogP contribution in [0.2, 0.25) is 0 Å². The Labute approximate surface area is 131 Å². The van der Waals surface area contributed by atoms with Crippen LogP contribution in [0.1, 0.15) is 35.6 Å². The molecule has 0 spiro atoms. The largest absolute Gasteiger partial charge is 0.507 e. The zero-order chi connectivity index (χ0) is 14.7. The predicted octanol–water partition coefficient (Wildman–Crippen LogP) is 3.92. The van der Waals surface area contributed by atoms with E-state index in [1.165, 1.54) is 48.2 Å². The Balaban J connectivity index is 1.69. The number of hydrogen-bond donors (Lipinski definition) is 1. The number of aromatic hydroxyl groups is 1. The highest BCUT2D eigenvalue weighted by Gasteiger charge is 2.37. The van der Waals surface area contributed by atoms with Crippen molar-refractivity contribution in [1.29, 1.82) is 0 Å². The fourth-order valence-corrected chi connectivity index (χ4v) is 4.37. The molecule has 0 bridgehead atoms. The molecule has 3 aliphatic rings. The lowest BCUT2D eigenvalue weighted by atomic mass is 9.76. The molecule has 0 radical (unpaired) electrons. The molecule has 0 aromatic heterocycles. The van der Waals surface area contributed by atoms with Crippen molar-refractivity contribution in [1.82, 2.24) is 4.90 Å². The first-order chi connectivity index (χ1) is 10.8. The van der Waals surface area contributed by atoms with E-state index in [1.54, 1.807) is 0 Å². The van der Waals surface area contributed by atoms with E-state index in [9.17, 15) is 5.11 Å². The van der Waals surface area contributed by atoms with Crippen molar-refractivity contribution in [2.45, 2.75) is 31.7 Å². The van der Waals surface area contributed by atoms with Crippen LogP contribution < -0.4 is 0 Å². The number of rotatable bonds is 2. The van der Waals surface area contributed by atoms with E-state index < -0.39 is 0 Å². The van der Waals surface area contributed by atoms with Crippen molar-refractivity contribution in [3.63, 3.8) is 0 Å². The van der Waals surface area contributed by atoms with Gasteiger partial charge in [-0.3, -0.25) is 4.90 Å². The molecule has 0 unspecified atom stereocenters. The lowest BCUT2D eigenvalue weighted by molar-refractivity contribution is 0.174. The Hall–Kier alpha value is -1.80. The van der Waals surface area contributed by atoms with Gasteiger partial charge in [-0.25, -0.2) is 0 Å². The fraction of sp³-hybridized carbons (Fsp3) is 0.400. The van der Waals surface area contributed by atoms with Crippen LogP contribution in [-0.4, -0.2) is 23.1 Å². The lowest BCUT2D eigenvalue weighted by Crippen LogP contribution is -2.39. The number of fused-ring (bicyclic) bond motifs is 2. The van der Waals surface area contributed by atoms with Gasteiger partial charge in [0.15, 0.2) is 0 Å². The normalized spacial score (nSPS) is 23.0. The van der Waals surface area contributed by atoms with Gasteiger partial charge in [-0.1, -0.05) is 30.3 Å². The molecule has 5 rings (SSSR count). The second kappa shape index (κ2) is 4.60. The third kappa shape index (κ3) is 1.83. The highest BCUT2D eigenvalue weighted by Crippen LogP contribution is 2.49. The molecule has 2 nitrogen and oxygen atoms in total. The average Bonchev–Trinajstić information content (AvgIpc) is 3.36. The predicted molar refractivity (Wildman–Crippen MR) is 88.0 cm³/mol. The fourth-order valence-electron chi connectivity index (χ4n) is 4.37. The van der Waals surface area contributed by atoms with Gasteiger partial charge in [0.1, 0.15) is 5.75 Å².